The van der Waals surface area contributed by atoms with Crippen molar-refractivity contribution in [2.24, 2.45) is 5.41 Å². The van der Waals surface area contributed by atoms with E-state index in [0.29, 0.717) is 16.7 Å². The standard InChI is InChI=1S/C14H19BrN2O/c1-14(2)6-5-10(8-14)17-13(18)11-7-9(15)3-4-12(11)16/h3-4,7,10H,5-6,8,16H2,1-2H3,(H,17,18). The lowest BCUT2D eigenvalue weighted by molar-refractivity contribution is 0.0937. The van der Waals surface area contributed by atoms with Gasteiger partial charge in [0, 0.05) is 16.2 Å². The van der Waals surface area contributed by atoms with Crippen molar-refractivity contribution in [3.63, 3.8) is 0 Å². The van der Waals surface area contributed by atoms with Gasteiger partial charge in [0.25, 0.3) is 5.91 Å². The van der Waals surface area contributed by atoms with E-state index in [0.717, 1.165) is 23.7 Å². The van der Waals surface area contributed by atoms with Crippen LogP contribution in [0.5, 0.6) is 0 Å². The van der Waals surface area contributed by atoms with Gasteiger partial charge in [0.1, 0.15) is 0 Å². The molecule has 1 aromatic carbocycles. The average molecular weight is 311 g/mol. The molecule has 1 aliphatic rings. The molecule has 1 amide bonds. The highest BCUT2D eigenvalue weighted by atomic mass is 79.9. The molecule has 2 rings (SSSR count). The maximum atomic E-state index is 12.2. The van der Waals surface area contributed by atoms with Crippen LogP contribution in [0.25, 0.3) is 0 Å². The minimum absolute atomic E-state index is 0.0727. The van der Waals surface area contributed by atoms with Crippen molar-refractivity contribution < 1.29 is 4.79 Å². The maximum Gasteiger partial charge on any atom is 0.253 e. The minimum Gasteiger partial charge on any atom is -0.398 e. The van der Waals surface area contributed by atoms with Crippen molar-refractivity contribution in [1.82, 2.24) is 5.32 Å². The number of anilines is 1. The summed E-state index contributed by atoms with van der Waals surface area (Å²) in [5.41, 5.74) is 7.24. The Morgan fingerprint density at radius 1 is 1.50 bits per heavy atom. The first-order valence-electron chi connectivity index (χ1n) is 6.23. The third kappa shape index (κ3) is 3.05. The predicted molar refractivity (Wildman–Crippen MR) is 77.4 cm³/mol. The van der Waals surface area contributed by atoms with E-state index in [-0.39, 0.29) is 11.9 Å². The molecule has 0 aliphatic heterocycles. The zero-order chi connectivity index (χ0) is 13.3. The van der Waals surface area contributed by atoms with Crippen molar-refractivity contribution >= 4 is 27.5 Å². The first-order chi connectivity index (χ1) is 8.37. The SMILES string of the molecule is CC1(C)CCC(NC(=O)c2cc(Br)ccc2N)C1. The Labute approximate surface area is 116 Å². The lowest BCUT2D eigenvalue weighted by Gasteiger charge is -2.18. The molecule has 4 heteroatoms. The van der Waals surface area contributed by atoms with Gasteiger partial charge in [0.05, 0.1) is 5.56 Å². The smallest absolute Gasteiger partial charge is 0.253 e. The monoisotopic (exact) mass is 310 g/mol. The van der Waals surface area contributed by atoms with E-state index in [9.17, 15) is 4.79 Å². The van der Waals surface area contributed by atoms with Crippen LogP contribution in [-0.4, -0.2) is 11.9 Å². The Bertz CT molecular complexity index is 471. The van der Waals surface area contributed by atoms with Crippen LogP contribution < -0.4 is 11.1 Å². The van der Waals surface area contributed by atoms with Gasteiger partial charge in [0.15, 0.2) is 0 Å². The van der Waals surface area contributed by atoms with Crippen LogP contribution in [0, 0.1) is 5.41 Å². The highest BCUT2D eigenvalue weighted by Crippen LogP contribution is 2.37. The van der Waals surface area contributed by atoms with E-state index in [2.05, 4.69) is 35.1 Å². The van der Waals surface area contributed by atoms with Crippen molar-refractivity contribution in [2.45, 2.75) is 39.2 Å². The molecule has 0 heterocycles. The number of nitrogens with two attached hydrogens (primary N) is 1. The van der Waals surface area contributed by atoms with Crippen LogP contribution in [0.4, 0.5) is 5.69 Å². The highest BCUT2D eigenvalue weighted by Gasteiger charge is 2.31. The topological polar surface area (TPSA) is 55.1 Å². The number of carbonyl (C=O) groups is 1. The van der Waals surface area contributed by atoms with Gasteiger partial charge in [-0.1, -0.05) is 29.8 Å². The van der Waals surface area contributed by atoms with Crippen LogP contribution in [0.2, 0.25) is 0 Å². The summed E-state index contributed by atoms with van der Waals surface area (Å²) in [5.74, 6) is -0.0727. The Balaban J connectivity index is 2.06. The van der Waals surface area contributed by atoms with Gasteiger partial charge in [-0.05, 0) is 42.9 Å². The summed E-state index contributed by atoms with van der Waals surface area (Å²) in [6.07, 6.45) is 3.24. The lowest BCUT2D eigenvalue weighted by atomic mass is 9.92. The van der Waals surface area contributed by atoms with E-state index >= 15 is 0 Å². The zero-order valence-corrected chi connectivity index (χ0v) is 12.4. The van der Waals surface area contributed by atoms with E-state index in [4.69, 9.17) is 5.73 Å². The number of rotatable bonds is 2. The maximum absolute atomic E-state index is 12.2. The fourth-order valence-electron chi connectivity index (χ4n) is 2.55. The lowest BCUT2D eigenvalue weighted by Crippen LogP contribution is -2.33. The Morgan fingerprint density at radius 2 is 2.22 bits per heavy atom. The molecule has 1 unspecified atom stereocenters. The number of carbonyl (C=O) groups excluding carboxylic acids is 1. The van der Waals surface area contributed by atoms with Crippen LogP contribution in [-0.2, 0) is 0 Å². The first kappa shape index (κ1) is 13.4. The third-order valence-corrected chi connectivity index (χ3v) is 4.06. The molecule has 0 bridgehead atoms. The summed E-state index contributed by atoms with van der Waals surface area (Å²) in [6.45, 7) is 4.49. The van der Waals surface area contributed by atoms with Gasteiger partial charge >= 0.3 is 0 Å². The van der Waals surface area contributed by atoms with Crippen molar-refractivity contribution in [2.75, 3.05) is 5.73 Å². The summed E-state index contributed by atoms with van der Waals surface area (Å²) < 4.78 is 0.869. The second-order valence-electron chi connectivity index (χ2n) is 5.81. The fourth-order valence-corrected chi connectivity index (χ4v) is 2.91. The van der Waals surface area contributed by atoms with Crippen molar-refractivity contribution in [1.29, 1.82) is 0 Å². The number of hydrogen-bond acceptors (Lipinski definition) is 2. The Morgan fingerprint density at radius 3 is 2.83 bits per heavy atom. The van der Waals surface area contributed by atoms with Crippen molar-refractivity contribution in [3.8, 4) is 0 Å². The molecule has 0 spiro atoms. The summed E-state index contributed by atoms with van der Waals surface area (Å²) in [5, 5.41) is 3.08. The van der Waals surface area contributed by atoms with Crippen molar-refractivity contribution in [3.05, 3.63) is 28.2 Å². The number of nitrogens with one attached hydrogen (secondary N) is 1. The molecule has 0 radical (unpaired) electrons. The zero-order valence-electron chi connectivity index (χ0n) is 10.8. The molecule has 3 N–H and O–H groups in total. The molecule has 1 aromatic rings. The minimum atomic E-state index is -0.0727. The van der Waals surface area contributed by atoms with Gasteiger partial charge in [-0.15, -0.1) is 0 Å². The average Bonchev–Trinajstić information content (AvgIpc) is 2.61. The number of benzene rings is 1. The summed E-state index contributed by atoms with van der Waals surface area (Å²) in [4.78, 5) is 12.2. The number of nitrogen functional groups attached to an aromatic ring is 1. The fraction of sp³-hybridized carbons (Fsp3) is 0.500. The predicted octanol–water partition coefficient (Wildman–Crippen LogP) is 3.34. The molecule has 0 saturated heterocycles. The summed E-state index contributed by atoms with van der Waals surface area (Å²) >= 11 is 3.36. The Kier molecular flexibility index (Phi) is 3.66. The number of halogens is 1. The molecule has 0 aromatic heterocycles. The van der Waals surface area contributed by atoms with Gasteiger partial charge in [-0.2, -0.15) is 0 Å². The quantitative estimate of drug-likeness (QED) is 0.823. The van der Waals surface area contributed by atoms with Gasteiger partial charge < -0.3 is 11.1 Å². The van der Waals surface area contributed by atoms with Crippen LogP contribution in [0.1, 0.15) is 43.5 Å². The third-order valence-electron chi connectivity index (χ3n) is 3.56. The van der Waals surface area contributed by atoms with Gasteiger partial charge in [-0.25, -0.2) is 0 Å². The molecule has 98 valence electrons. The van der Waals surface area contributed by atoms with Crippen LogP contribution >= 0.6 is 15.9 Å². The van der Waals surface area contributed by atoms with E-state index < -0.39 is 0 Å². The first-order valence-corrected chi connectivity index (χ1v) is 7.03. The van der Waals surface area contributed by atoms with Crippen LogP contribution in [0.15, 0.2) is 22.7 Å². The molecule has 1 saturated carbocycles. The second-order valence-corrected chi connectivity index (χ2v) is 6.72. The number of amides is 1. The Hall–Kier alpha value is -1.03. The normalized spacial score (nSPS) is 21.8. The molecule has 1 atom stereocenters. The molecule has 1 fully saturated rings. The largest absolute Gasteiger partial charge is 0.398 e. The van der Waals surface area contributed by atoms with Gasteiger partial charge in [-0.3, -0.25) is 4.79 Å². The second kappa shape index (κ2) is 4.92. The van der Waals surface area contributed by atoms with E-state index in [1.807, 2.05) is 6.07 Å². The highest BCUT2D eigenvalue weighted by molar-refractivity contribution is 9.10. The van der Waals surface area contributed by atoms with E-state index in [1.54, 1.807) is 12.1 Å². The van der Waals surface area contributed by atoms with E-state index in [1.165, 1.54) is 0 Å². The summed E-state index contributed by atoms with van der Waals surface area (Å²) in [7, 11) is 0. The van der Waals surface area contributed by atoms with Gasteiger partial charge in [0.2, 0.25) is 0 Å². The van der Waals surface area contributed by atoms with Crippen LogP contribution in [0.3, 0.4) is 0 Å². The number of hydrogen-bond donors (Lipinski definition) is 2. The summed E-state index contributed by atoms with van der Waals surface area (Å²) in [6, 6.07) is 5.62. The molecule has 1 aliphatic carbocycles. The molecular formula is C14H19BrN2O. The molecular weight excluding hydrogens is 292 g/mol. The molecule has 18 heavy (non-hydrogen) atoms. The molecule has 3 nitrogen and oxygen atoms in total.